The van der Waals surface area contributed by atoms with E-state index in [-0.39, 0.29) is 11.7 Å². The van der Waals surface area contributed by atoms with E-state index in [1.54, 1.807) is 0 Å². The van der Waals surface area contributed by atoms with Crippen molar-refractivity contribution in [2.24, 2.45) is 5.73 Å². The number of amides is 1. The molecule has 2 heterocycles. The van der Waals surface area contributed by atoms with Gasteiger partial charge in [0.2, 0.25) is 0 Å². The third-order valence-corrected chi connectivity index (χ3v) is 4.60. The largest absolute Gasteiger partial charge is 0.445 e. The van der Waals surface area contributed by atoms with Crippen molar-refractivity contribution in [3.63, 3.8) is 0 Å². The number of nitriles is 1. The van der Waals surface area contributed by atoms with Gasteiger partial charge in [0.15, 0.2) is 0 Å². The molecule has 0 spiro atoms. The minimum atomic E-state index is -0.819. The fourth-order valence-electron chi connectivity index (χ4n) is 3.40. The number of H-pyrrole nitrogens is 1. The molecule has 1 unspecified atom stereocenters. The third-order valence-electron chi connectivity index (χ3n) is 4.60. The van der Waals surface area contributed by atoms with Crippen LogP contribution < -0.4 is 10.6 Å². The number of carbonyl (C=O) groups excluding carboxylic acids is 1. The number of piperidine rings is 1. The predicted octanol–water partition coefficient (Wildman–Crippen LogP) is 2.86. The molecule has 3 rings (SSSR count). The first-order valence-corrected chi connectivity index (χ1v) is 7.85. The van der Waals surface area contributed by atoms with Gasteiger partial charge in [0.1, 0.15) is 18.0 Å². The molecular formula is C17H19FN4O2. The van der Waals surface area contributed by atoms with E-state index < -0.39 is 11.9 Å². The van der Waals surface area contributed by atoms with E-state index >= 15 is 0 Å². The molecule has 0 saturated carbocycles. The van der Waals surface area contributed by atoms with E-state index in [1.165, 1.54) is 6.07 Å². The summed E-state index contributed by atoms with van der Waals surface area (Å²) in [6.07, 6.45) is 0.287. The van der Waals surface area contributed by atoms with Crippen molar-refractivity contribution in [2.75, 3.05) is 18.0 Å². The molecule has 1 aliphatic rings. The van der Waals surface area contributed by atoms with Gasteiger partial charge in [0.25, 0.3) is 0 Å². The second kappa shape index (κ2) is 6.04. The highest BCUT2D eigenvalue weighted by molar-refractivity contribution is 5.99. The van der Waals surface area contributed by atoms with E-state index in [2.05, 4.69) is 4.98 Å². The first kappa shape index (κ1) is 16.1. The predicted molar refractivity (Wildman–Crippen MR) is 88.3 cm³/mol. The Bertz CT molecular complexity index is 853. The number of nitrogens with zero attached hydrogens (tertiary/aromatic N) is 2. The number of carbonyl (C=O) groups is 1. The lowest BCUT2D eigenvalue weighted by Crippen LogP contribution is -2.42. The van der Waals surface area contributed by atoms with Crippen LogP contribution >= 0.6 is 0 Å². The number of anilines is 1. The maximum atomic E-state index is 14.8. The lowest BCUT2D eigenvalue weighted by Gasteiger charge is -2.34. The summed E-state index contributed by atoms with van der Waals surface area (Å²) in [5, 5.41) is 9.99. The van der Waals surface area contributed by atoms with Gasteiger partial charge in [-0.05, 0) is 38.3 Å². The number of benzene rings is 1. The van der Waals surface area contributed by atoms with Crippen LogP contribution in [0.15, 0.2) is 6.07 Å². The zero-order valence-corrected chi connectivity index (χ0v) is 13.6. The van der Waals surface area contributed by atoms with E-state index in [1.807, 2.05) is 24.8 Å². The fraction of sp³-hybridized carbons (Fsp3) is 0.412. The second-order valence-corrected chi connectivity index (χ2v) is 6.14. The van der Waals surface area contributed by atoms with Crippen LogP contribution in [-0.4, -0.2) is 30.3 Å². The van der Waals surface area contributed by atoms with Gasteiger partial charge >= 0.3 is 6.09 Å². The zero-order valence-electron chi connectivity index (χ0n) is 13.6. The molecule has 1 atom stereocenters. The molecule has 1 aromatic carbocycles. The van der Waals surface area contributed by atoms with E-state index in [0.29, 0.717) is 36.1 Å². The van der Waals surface area contributed by atoms with Gasteiger partial charge in [-0.3, -0.25) is 0 Å². The van der Waals surface area contributed by atoms with Gasteiger partial charge in [0.05, 0.1) is 23.3 Å². The summed E-state index contributed by atoms with van der Waals surface area (Å²) >= 11 is 0. The minimum absolute atomic E-state index is 0.282. The highest BCUT2D eigenvalue weighted by Gasteiger charge is 2.28. The lowest BCUT2D eigenvalue weighted by molar-refractivity contribution is 0.0965. The smallest absolute Gasteiger partial charge is 0.404 e. The Labute approximate surface area is 139 Å². The molecular weight excluding hydrogens is 311 g/mol. The Morgan fingerprint density at radius 3 is 2.96 bits per heavy atom. The molecule has 1 saturated heterocycles. The summed E-state index contributed by atoms with van der Waals surface area (Å²) in [6, 6.07) is 3.30. The lowest BCUT2D eigenvalue weighted by atomic mass is 10.0. The molecule has 6 nitrogen and oxygen atoms in total. The average molecular weight is 330 g/mol. The quantitative estimate of drug-likeness (QED) is 0.885. The number of primary amides is 1. The molecule has 3 N–H and O–H groups in total. The van der Waals surface area contributed by atoms with Gasteiger partial charge in [0, 0.05) is 17.6 Å². The van der Waals surface area contributed by atoms with Gasteiger partial charge in [-0.1, -0.05) is 0 Å². The number of halogens is 1. The van der Waals surface area contributed by atoms with Gasteiger partial charge < -0.3 is 20.4 Å². The van der Waals surface area contributed by atoms with Crippen LogP contribution in [0.1, 0.15) is 29.7 Å². The van der Waals surface area contributed by atoms with Crippen molar-refractivity contribution in [1.29, 1.82) is 5.26 Å². The molecule has 24 heavy (non-hydrogen) atoms. The second-order valence-electron chi connectivity index (χ2n) is 6.14. The Morgan fingerprint density at radius 1 is 1.54 bits per heavy atom. The molecule has 7 heteroatoms. The molecule has 0 radical (unpaired) electrons. The van der Waals surface area contributed by atoms with Crippen molar-refractivity contribution in [1.82, 2.24) is 4.98 Å². The number of hydrogen-bond donors (Lipinski definition) is 2. The van der Waals surface area contributed by atoms with Crippen molar-refractivity contribution in [2.45, 2.75) is 32.8 Å². The van der Waals surface area contributed by atoms with Crippen LogP contribution in [0.25, 0.3) is 10.9 Å². The molecule has 0 bridgehead atoms. The number of aromatic amines is 1. The Morgan fingerprint density at radius 2 is 2.29 bits per heavy atom. The van der Waals surface area contributed by atoms with E-state index in [0.717, 1.165) is 17.7 Å². The highest BCUT2D eigenvalue weighted by Crippen LogP contribution is 2.37. The number of rotatable bonds is 2. The first-order valence-electron chi connectivity index (χ1n) is 7.85. The Balaban J connectivity index is 2.11. The molecule has 2 aromatic rings. The van der Waals surface area contributed by atoms with E-state index in [4.69, 9.17) is 10.5 Å². The maximum absolute atomic E-state index is 14.8. The number of aryl methyl sites for hydroxylation is 2. The normalized spacial score (nSPS) is 17.8. The first-order chi connectivity index (χ1) is 11.4. The van der Waals surface area contributed by atoms with Crippen LogP contribution in [0.4, 0.5) is 14.9 Å². The van der Waals surface area contributed by atoms with E-state index in [9.17, 15) is 14.4 Å². The third kappa shape index (κ3) is 2.64. The van der Waals surface area contributed by atoms with Crippen LogP contribution in [0.2, 0.25) is 0 Å². The topological polar surface area (TPSA) is 95.1 Å². The van der Waals surface area contributed by atoms with Crippen molar-refractivity contribution in [3.05, 3.63) is 28.7 Å². The summed E-state index contributed by atoms with van der Waals surface area (Å²) in [5.74, 6) is -0.444. The summed E-state index contributed by atoms with van der Waals surface area (Å²) in [4.78, 5) is 16.0. The van der Waals surface area contributed by atoms with Crippen LogP contribution in [0, 0.1) is 31.0 Å². The van der Waals surface area contributed by atoms with Gasteiger partial charge in [-0.15, -0.1) is 0 Å². The Hall–Kier alpha value is -2.75. The van der Waals surface area contributed by atoms with Crippen molar-refractivity contribution < 1.29 is 13.9 Å². The molecule has 1 aliphatic heterocycles. The van der Waals surface area contributed by atoms with Crippen molar-refractivity contribution in [3.8, 4) is 6.07 Å². The molecule has 1 amide bonds. The summed E-state index contributed by atoms with van der Waals surface area (Å²) in [5.41, 5.74) is 8.28. The number of nitrogens with two attached hydrogens (primary N) is 1. The number of nitrogens with one attached hydrogen (secondary N) is 1. The number of hydrogen-bond acceptors (Lipinski definition) is 4. The maximum Gasteiger partial charge on any atom is 0.404 e. The van der Waals surface area contributed by atoms with Crippen LogP contribution in [-0.2, 0) is 4.74 Å². The molecule has 1 aromatic heterocycles. The summed E-state index contributed by atoms with van der Waals surface area (Å²) < 4.78 is 19.9. The average Bonchev–Trinajstić information content (AvgIpc) is 2.82. The number of aromatic nitrogens is 1. The zero-order chi connectivity index (χ0) is 17.4. The number of ether oxygens (including phenoxy) is 1. The SMILES string of the molecule is Cc1[nH]c2c(C#N)cc(F)c(N3CCCC(OC(N)=O)C3)c2c1C. The molecule has 126 valence electrons. The molecule has 0 aliphatic carbocycles. The van der Waals surface area contributed by atoms with Crippen LogP contribution in [0.5, 0.6) is 0 Å². The van der Waals surface area contributed by atoms with Gasteiger partial charge in [-0.2, -0.15) is 5.26 Å². The summed E-state index contributed by atoms with van der Waals surface area (Å²) in [7, 11) is 0. The summed E-state index contributed by atoms with van der Waals surface area (Å²) in [6.45, 7) is 4.83. The number of fused-ring (bicyclic) bond motifs is 1. The Kier molecular flexibility index (Phi) is 4.06. The standard InChI is InChI=1S/C17H19FN4O2/c1-9-10(2)21-15-11(7-19)6-13(18)16(14(9)15)22-5-3-4-12(8-22)24-17(20)23/h6,12,21H,3-5,8H2,1-2H3,(H2,20,23). The minimum Gasteiger partial charge on any atom is -0.445 e. The highest BCUT2D eigenvalue weighted by atomic mass is 19.1. The van der Waals surface area contributed by atoms with Crippen molar-refractivity contribution >= 4 is 22.7 Å². The fourth-order valence-corrected chi connectivity index (χ4v) is 3.40. The van der Waals surface area contributed by atoms with Crippen LogP contribution in [0.3, 0.4) is 0 Å². The van der Waals surface area contributed by atoms with Gasteiger partial charge in [-0.25, -0.2) is 9.18 Å². The monoisotopic (exact) mass is 330 g/mol. The molecule has 1 fully saturated rings.